The van der Waals surface area contributed by atoms with Gasteiger partial charge in [0.25, 0.3) is 0 Å². The van der Waals surface area contributed by atoms with E-state index in [1.165, 1.54) is 0 Å². The Labute approximate surface area is 172 Å². The molecule has 0 amide bonds. The van der Waals surface area contributed by atoms with Crippen LogP contribution in [0.15, 0.2) is 24.3 Å². The largest absolute Gasteiger partial charge is 0.493 e. The molecule has 3 rings (SSSR count). The first-order valence-corrected chi connectivity index (χ1v) is 9.72. The Balaban J connectivity index is 2.20. The van der Waals surface area contributed by atoms with Crippen molar-refractivity contribution < 1.29 is 28.4 Å². The van der Waals surface area contributed by atoms with Gasteiger partial charge in [0.05, 0.1) is 28.4 Å². The van der Waals surface area contributed by atoms with Gasteiger partial charge in [-0.15, -0.1) is 0 Å². The fourth-order valence-corrected chi connectivity index (χ4v) is 3.79. The summed E-state index contributed by atoms with van der Waals surface area (Å²) < 4.78 is 33.5. The van der Waals surface area contributed by atoms with Crippen LogP contribution < -0.4 is 28.4 Å². The lowest BCUT2D eigenvalue weighted by atomic mass is 9.76. The third-order valence-corrected chi connectivity index (χ3v) is 5.66. The quantitative estimate of drug-likeness (QED) is 0.628. The molecule has 0 N–H and O–H groups in total. The van der Waals surface area contributed by atoms with Crippen molar-refractivity contribution in [1.29, 1.82) is 0 Å². The summed E-state index contributed by atoms with van der Waals surface area (Å²) in [6.45, 7) is 6.89. The number of methoxy groups -OCH3 is 4. The van der Waals surface area contributed by atoms with E-state index in [2.05, 4.69) is 20.8 Å². The average Bonchev–Trinajstić information content (AvgIpc) is 3.21. The molecule has 1 aliphatic heterocycles. The molecule has 29 heavy (non-hydrogen) atoms. The molecular formula is C23H30O6. The van der Waals surface area contributed by atoms with Gasteiger partial charge < -0.3 is 28.4 Å². The van der Waals surface area contributed by atoms with Gasteiger partial charge in [0, 0.05) is 5.92 Å². The number of hydrogen-bond donors (Lipinski definition) is 0. The van der Waals surface area contributed by atoms with Gasteiger partial charge in [-0.1, -0.05) is 20.8 Å². The first-order chi connectivity index (χ1) is 13.9. The summed E-state index contributed by atoms with van der Waals surface area (Å²) in [6.07, 6.45) is 0. The molecule has 0 radical (unpaired) electrons. The smallest absolute Gasteiger partial charge is 0.231 e. The normalized spacial score (nSPS) is 14.5. The predicted octanol–water partition coefficient (Wildman–Crippen LogP) is 4.87. The van der Waals surface area contributed by atoms with Gasteiger partial charge in [0.2, 0.25) is 18.3 Å². The molecule has 2 atom stereocenters. The molecule has 0 fully saturated rings. The second-order valence-corrected chi connectivity index (χ2v) is 7.50. The maximum atomic E-state index is 5.66. The van der Waals surface area contributed by atoms with E-state index in [-0.39, 0.29) is 12.7 Å². The van der Waals surface area contributed by atoms with E-state index < -0.39 is 0 Å². The van der Waals surface area contributed by atoms with Crippen LogP contribution in [0.2, 0.25) is 0 Å². The van der Waals surface area contributed by atoms with Gasteiger partial charge in [0.15, 0.2) is 23.0 Å². The maximum absolute atomic E-state index is 5.66. The van der Waals surface area contributed by atoms with E-state index in [0.717, 1.165) is 11.1 Å². The van der Waals surface area contributed by atoms with Crippen LogP contribution in [0, 0.1) is 11.8 Å². The predicted molar refractivity (Wildman–Crippen MR) is 111 cm³/mol. The van der Waals surface area contributed by atoms with Gasteiger partial charge in [0.1, 0.15) is 0 Å². The van der Waals surface area contributed by atoms with Crippen molar-refractivity contribution in [3.63, 3.8) is 0 Å². The summed E-state index contributed by atoms with van der Waals surface area (Å²) in [5.41, 5.74) is 2.16. The molecule has 6 heteroatoms. The van der Waals surface area contributed by atoms with Gasteiger partial charge >= 0.3 is 0 Å². The van der Waals surface area contributed by atoms with Gasteiger partial charge in [-0.2, -0.15) is 0 Å². The Morgan fingerprint density at radius 3 is 1.79 bits per heavy atom. The zero-order valence-electron chi connectivity index (χ0n) is 18.2. The summed E-state index contributed by atoms with van der Waals surface area (Å²) in [4.78, 5) is 0. The van der Waals surface area contributed by atoms with Gasteiger partial charge in [-0.05, 0) is 47.2 Å². The first kappa shape index (κ1) is 21.0. The average molecular weight is 402 g/mol. The van der Waals surface area contributed by atoms with Gasteiger partial charge in [-0.25, -0.2) is 0 Å². The minimum absolute atomic E-state index is 0.0621. The number of hydrogen-bond acceptors (Lipinski definition) is 6. The Bertz CT molecular complexity index is 836. The summed E-state index contributed by atoms with van der Waals surface area (Å²) in [6, 6.07) is 8.10. The molecule has 0 saturated heterocycles. The third-order valence-electron chi connectivity index (χ3n) is 5.66. The molecule has 0 unspecified atom stereocenters. The summed E-state index contributed by atoms with van der Waals surface area (Å²) in [5, 5.41) is 0. The highest BCUT2D eigenvalue weighted by atomic mass is 16.7. The van der Waals surface area contributed by atoms with Crippen molar-refractivity contribution in [1.82, 2.24) is 0 Å². The molecule has 0 aliphatic carbocycles. The lowest BCUT2D eigenvalue weighted by molar-refractivity contribution is 0.171. The number of ether oxygens (including phenoxy) is 6. The third kappa shape index (κ3) is 3.88. The highest BCUT2D eigenvalue weighted by molar-refractivity contribution is 5.59. The van der Waals surface area contributed by atoms with Crippen LogP contribution in [0.3, 0.4) is 0 Å². The topological polar surface area (TPSA) is 55.4 Å². The van der Waals surface area contributed by atoms with Crippen LogP contribution >= 0.6 is 0 Å². The van der Waals surface area contributed by atoms with E-state index >= 15 is 0 Å². The Hall–Kier alpha value is -2.76. The van der Waals surface area contributed by atoms with Crippen LogP contribution in [0.1, 0.15) is 37.8 Å². The van der Waals surface area contributed by atoms with Crippen molar-refractivity contribution in [2.24, 2.45) is 11.8 Å². The van der Waals surface area contributed by atoms with Crippen LogP contribution in [0.5, 0.6) is 34.5 Å². The van der Waals surface area contributed by atoms with Crippen LogP contribution in [0.25, 0.3) is 0 Å². The van der Waals surface area contributed by atoms with Crippen LogP contribution in [0.4, 0.5) is 0 Å². The molecule has 158 valence electrons. The van der Waals surface area contributed by atoms with E-state index in [1.807, 2.05) is 24.3 Å². The molecule has 0 aromatic heterocycles. The fourth-order valence-electron chi connectivity index (χ4n) is 3.79. The van der Waals surface area contributed by atoms with Crippen LogP contribution in [-0.4, -0.2) is 35.2 Å². The number of rotatable bonds is 8. The highest BCUT2D eigenvalue weighted by Crippen LogP contribution is 2.48. The Kier molecular flexibility index (Phi) is 6.30. The first-order valence-electron chi connectivity index (χ1n) is 9.72. The summed E-state index contributed by atoms with van der Waals surface area (Å²) in [7, 11) is 6.51. The zero-order chi connectivity index (χ0) is 21.1. The second kappa shape index (κ2) is 8.72. The zero-order valence-corrected chi connectivity index (χ0v) is 18.2. The second-order valence-electron chi connectivity index (χ2n) is 7.50. The Morgan fingerprint density at radius 2 is 1.28 bits per heavy atom. The maximum Gasteiger partial charge on any atom is 0.231 e. The van der Waals surface area contributed by atoms with Crippen molar-refractivity contribution >= 4 is 0 Å². The molecule has 2 aromatic carbocycles. The molecule has 6 nitrogen and oxygen atoms in total. The van der Waals surface area contributed by atoms with Crippen molar-refractivity contribution in [3.8, 4) is 34.5 Å². The monoisotopic (exact) mass is 402 g/mol. The molecule has 1 aliphatic rings. The van der Waals surface area contributed by atoms with Crippen LogP contribution in [-0.2, 0) is 0 Å². The minimum atomic E-state index is 0.0621. The highest BCUT2D eigenvalue weighted by Gasteiger charge is 2.30. The molecule has 0 saturated carbocycles. The lowest BCUT2D eigenvalue weighted by Crippen LogP contribution is -2.17. The fraction of sp³-hybridized carbons (Fsp3) is 0.478. The molecule has 0 bridgehead atoms. The van der Waals surface area contributed by atoms with Crippen molar-refractivity contribution in [2.45, 2.75) is 26.7 Å². The Morgan fingerprint density at radius 1 is 0.724 bits per heavy atom. The van der Waals surface area contributed by atoms with Crippen molar-refractivity contribution in [2.75, 3.05) is 35.2 Å². The SMILES string of the molecule is COc1cc([C@@H](c2cc(OC)c3c(c2)OCO3)[C@H](C)C(C)C)cc(OC)c1OC. The van der Waals surface area contributed by atoms with E-state index in [9.17, 15) is 0 Å². The molecule has 1 heterocycles. The standard InChI is InChI=1S/C23H30O6/c1-13(2)14(3)21(15-8-17(24-4)22(27-7)18(9-15)25-5)16-10-19(26-6)23-20(11-16)28-12-29-23/h8-11,13-14,21H,12H2,1-7H3/t14-,21+/m1/s1. The summed E-state index contributed by atoms with van der Waals surface area (Å²) >= 11 is 0. The molecular weight excluding hydrogens is 372 g/mol. The van der Waals surface area contributed by atoms with Crippen molar-refractivity contribution in [3.05, 3.63) is 35.4 Å². The number of fused-ring (bicyclic) bond motifs is 1. The molecule has 0 spiro atoms. The lowest BCUT2D eigenvalue weighted by Gasteiger charge is -2.29. The van der Waals surface area contributed by atoms with Gasteiger partial charge in [-0.3, -0.25) is 0 Å². The van der Waals surface area contributed by atoms with E-state index in [0.29, 0.717) is 46.3 Å². The van der Waals surface area contributed by atoms with E-state index in [4.69, 9.17) is 28.4 Å². The van der Waals surface area contributed by atoms with E-state index in [1.54, 1.807) is 28.4 Å². The molecule has 2 aromatic rings. The minimum Gasteiger partial charge on any atom is -0.493 e. The summed E-state index contributed by atoms with van der Waals surface area (Å²) in [5.74, 6) is 4.70. The number of benzene rings is 2.